The molecule has 6 heteroatoms. The number of carboxylic acid groups (broad SMARTS) is 1. The minimum atomic E-state index is -1.11. The monoisotopic (exact) mass is 295 g/mol. The van der Waals surface area contributed by atoms with Crippen molar-refractivity contribution in [3.05, 3.63) is 29.8 Å². The molecule has 0 aliphatic carbocycles. The molecule has 1 unspecified atom stereocenters. The quantitative estimate of drug-likeness (QED) is 0.753. The topological polar surface area (TPSA) is 84.9 Å². The maximum Gasteiger partial charge on any atom is 0.334 e. The number of methoxy groups -OCH3 is 1. The van der Waals surface area contributed by atoms with E-state index in [2.05, 4.69) is 5.32 Å². The van der Waals surface area contributed by atoms with Crippen molar-refractivity contribution in [1.29, 1.82) is 0 Å². The Labute approximate surface area is 124 Å². The number of amides is 1. The van der Waals surface area contributed by atoms with Crippen LogP contribution in [0.5, 0.6) is 5.75 Å². The minimum absolute atomic E-state index is 0.0621. The molecule has 0 aliphatic rings. The Bertz CT molecular complexity index is 487. The van der Waals surface area contributed by atoms with Crippen LogP contribution < -0.4 is 10.1 Å². The lowest BCUT2D eigenvalue weighted by Gasteiger charge is -2.12. The zero-order chi connectivity index (χ0) is 15.8. The van der Waals surface area contributed by atoms with Crippen LogP contribution in [0.2, 0.25) is 0 Å². The first-order valence-electron chi connectivity index (χ1n) is 6.70. The third-order valence-corrected chi connectivity index (χ3v) is 2.68. The van der Waals surface area contributed by atoms with Crippen LogP contribution in [0.4, 0.5) is 0 Å². The zero-order valence-electron chi connectivity index (χ0n) is 12.5. The summed E-state index contributed by atoms with van der Waals surface area (Å²) in [6.07, 6.45) is -0.817. The summed E-state index contributed by atoms with van der Waals surface area (Å²) < 4.78 is 10.3. The Morgan fingerprint density at radius 3 is 2.62 bits per heavy atom. The number of carbonyl (C=O) groups is 2. The summed E-state index contributed by atoms with van der Waals surface area (Å²) in [5, 5.41) is 11.3. The van der Waals surface area contributed by atoms with E-state index < -0.39 is 12.1 Å². The van der Waals surface area contributed by atoms with Gasteiger partial charge in [-0.2, -0.15) is 0 Å². The van der Waals surface area contributed by atoms with Gasteiger partial charge in [0.25, 0.3) is 0 Å². The van der Waals surface area contributed by atoms with E-state index in [0.717, 1.165) is 5.56 Å². The molecule has 1 aromatic rings. The molecule has 1 aromatic carbocycles. The van der Waals surface area contributed by atoms with Gasteiger partial charge in [-0.25, -0.2) is 4.79 Å². The smallest absolute Gasteiger partial charge is 0.334 e. The third-order valence-electron chi connectivity index (χ3n) is 2.68. The molecule has 2 N–H and O–H groups in total. The van der Waals surface area contributed by atoms with Crippen LogP contribution in [0.1, 0.15) is 19.4 Å². The fourth-order valence-electron chi connectivity index (χ4n) is 1.73. The summed E-state index contributed by atoms with van der Waals surface area (Å²) in [6, 6.07) is 7.25. The Kier molecular flexibility index (Phi) is 6.68. The van der Waals surface area contributed by atoms with E-state index in [-0.39, 0.29) is 25.0 Å². The molecule has 0 aromatic heterocycles. The summed E-state index contributed by atoms with van der Waals surface area (Å²) in [4.78, 5) is 22.5. The molecule has 21 heavy (non-hydrogen) atoms. The maximum absolute atomic E-state index is 11.8. The van der Waals surface area contributed by atoms with Crippen LogP contribution in [-0.4, -0.2) is 42.8 Å². The van der Waals surface area contributed by atoms with E-state index in [1.807, 2.05) is 32.0 Å². The average Bonchev–Trinajstić information content (AvgIpc) is 2.38. The molecule has 0 saturated heterocycles. The van der Waals surface area contributed by atoms with E-state index in [4.69, 9.17) is 14.6 Å². The van der Waals surface area contributed by atoms with Gasteiger partial charge in [-0.15, -0.1) is 0 Å². The van der Waals surface area contributed by atoms with Crippen LogP contribution in [0.3, 0.4) is 0 Å². The van der Waals surface area contributed by atoms with E-state index in [0.29, 0.717) is 5.75 Å². The lowest BCUT2D eigenvalue weighted by molar-refractivity contribution is -0.148. The zero-order valence-corrected chi connectivity index (χ0v) is 12.5. The van der Waals surface area contributed by atoms with Gasteiger partial charge in [0.1, 0.15) is 5.75 Å². The van der Waals surface area contributed by atoms with Crippen molar-refractivity contribution in [1.82, 2.24) is 5.32 Å². The number of hydrogen-bond donors (Lipinski definition) is 2. The van der Waals surface area contributed by atoms with E-state index in [9.17, 15) is 9.59 Å². The average molecular weight is 295 g/mol. The van der Waals surface area contributed by atoms with Gasteiger partial charge in [0.2, 0.25) is 5.91 Å². The Hall–Kier alpha value is -2.08. The third kappa shape index (κ3) is 6.27. The van der Waals surface area contributed by atoms with Crippen molar-refractivity contribution in [2.24, 2.45) is 0 Å². The number of carbonyl (C=O) groups excluding carboxylic acids is 1. The molecule has 1 rings (SSSR count). The highest BCUT2D eigenvalue weighted by Gasteiger charge is 2.17. The van der Waals surface area contributed by atoms with Gasteiger partial charge in [0.15, 0.2) is 6.10 Å². The van der Waals surface area contributed by atoms with Gasteiger partial charge >= 0.3 is 5.97 Å². The highest BCUT2D eigenvalue weighted by Crippen LogP contribution is 2.15. The number of ether oxygens (including phenoxy) is 2. The molecule has 1 atom stereocenters. The largest absolute Gasteiger partial charge is 0.491 e. The van der Waals surface area contributed by atoms with Crippen LogP contribution in [0.15, 0.2) is 24.3 Å². The first kappa shape index (κ1) is 17.0. The lowest BCUT2D eigenvalue weighted by atomic mass is 10.1. The summed E-state index contributed by atoms with van der Waals surface area (Å²) in [5.41, 5.74) is 0.801. The fourth-order valence-corrected chi connectivity index (χ4v) is 1.73. The molecule has 1 amide bonds. The van der Waals surface area contributed by atoms with Gasteiger partial charge in [-0.3, -0.25) is 4.79 Å². The second kappa shape index (κ2) is 8.26. The predicted molar refractivity (Wildman–Crippen MR) is 77.4 cm³/mol. The molecule has 0 fully saturated rings. The lowest BCUT2D eigenvalue weighted by Crippen LogP contribution is -2.38. The van der Waals surface area contributed by atoms with Crippen molar-refractivity contribution in [2.45, 2.75) is 32.5 Å². The van der Waals surface area contributed by atoms with Crippen LogP contribution in [0, 0.1) is 0 Å². The molecular weight excluding hydrogens is 274 g/mol. The molecule has 116 valence electrons. The van der Waals surface area contributed by atoms with Crippen molar-refractivity contribution in [2.75, 3.05) is 13.7 Å². The maximum atomic E-state index is 11.8. The molecule has 0 aliphatic heterocycles. The standard InChI is InChI=1S/C15H21NO5/c1-10(2)21-12-6-4-5-11(7-12)8-14(17)16-9-13(20-3)15(18)19/h4-7,10,13H,8-9H2,1-3H3,(H,16,17)(H,18,19). The second-order valence-corrected chi connectivity index (χ2v) is 4.86. The molecule has 0 spiro atoms. The summed E-state index contributed by atoms with van der Waals surface area (Å²) in [5.74, 6) is -0.666. The van der Waals surface area contributed by atoms with Gasteiger partial charge in [-0.1, -0.05) is 12.1 Å². The number of hydrogen-bond acceptors (Lipinski definition) is 4. The molecule has 0 heterocycles. The minimum Gasteiger partial charge on any atom is -0.491 e. The van der Waals surface area contributed by atoms with Crippen molar-refractivity contribution < 1.29 is 24.2 Å². The Balaban J connectivity index is 2.53. The molecule has 0 radical (unpaired) electrons. The van der Waals surface area contributed by atoms with Gasteiger partial charge in [0, 0.05) is 7.11 Å². The number of rotatable bonds is 8. The molecular formula is C15H21NO5. The second-order valence-electron chi connectivity index (χ2n) is 4.86. The van der Waals surface area contributed by atoms with E-state index in [1.165, 1.54) is 7.11 Å². The number of aliphatic carboxylic acids is 1. The van der Waals surface area contributed by atoms with Crippen molar-refractivity contribution in [3.8, 4) is 5.75 Å². The molecule has 0 saturated carbocycles. The number of benzene rings is 1. The normalized spacial score (nSPS) is 12.0. The fraction of sp³-hybridized carbons (Fsp3) is 0.467. The van der Waals surface area contributed by atoms with Crippen LogP contribution >= 0.6 is 0 Å². The van der Waals surface area contributed by atoms with Crippen LogP contribution in [-0.2, 0) is 20.7 Å². The summed E-state index contributed by atoms with van der Waals surface area (Å²) in [6.45, 7) is 3.79. The molecule has 0 bridgehead atoms. The van der Waals surface area contributed by atoms with Gasteiger partial charge in [0.05, 0.1) is 19.1 Å². The number of nitrogens with one attached hydrogen (secondary N) is 1. The first-order valence-corrected chi connectivity index (χ1v) is 6.70. The van der Waals surface area contributed by atoms with E-state index >= 15 is 0 Å². The van der Waals surface area contributed by atoms with Crippen LogP contribution in [0.25, 0.3) is 0 Å². The van der Waals surface area contributed by atoms with Gasteiger partial charge in [-0.05, 0) is 31.5 Å². The highest BCUT2D eigenvalue weighted by molar-refractivity contribution is 5.80. The van der Waals surface area contributed by atoms with Crippen molar-refractivity contribution in [3.63, 3.8) is 0 Å². The van der Waals surface area contributed by atoms with E-state index in [1.54, 1.807) is 6.07 Å². The first-order chi connectivity index (χ1) is 9.92. The predicted octanol–water partition coefficient (Wildman–Crippen LogP) is 1.23. The summed E-state index contributed by atoms with van der Waals surface area (Å²) in [7, 11) is 1.29. The summed E-state index contributed by atoms with van der Waals surface area (Å²) >= 11 is 0. The highest BCUT2D eigenvalue weighted by atomic mass is 16.5. The molecule has 6 nitrogen and oxygen atoms in total. The van der Waals surface area contributed by atoms with Gasteiger partial charge < -0.3 is 19.9 Å². The SMILES string of the molecule is COC(CNC(=O)Cc1cccc(OC(C)C)c1)C(=O)O. The van der Waals surface area contributed by atoms with Crippen molar-refractivity contribution >= 4 is 11.9 Å². The Morgan fingerprint density at radius 2 is 2.05 bits per heavy atom. The Morgan fingerprint density at radius 1 is 1.33 bits per heavy atom. The number of carboxylic acids is 1.